The van der Waals surface area contributed by atoms with E-state index >= 15 is 0 Å². The summed E-state index contributed by atoms with van der Waals surface area (Å²) in [6.07, 6.45) is -1.53. The minimum absolute atomic E-state index is 0.124. The standard InChI is InChI=1S/C17H16F3NO2S/c1-16(2,3)13(22)9-14-21-15(23)12(24-14)8-10-4-6-11(7-5-10)17(18,19)20/h4-9H,1-3H3,(H,21,23). The van der Waals surface area contributed by atoms with E-state index in [1.54, 1.807) is 20.8 Å². The summed E-state index contributed by atoms with van der Waals surface area (Å²) in [4.78, 5) is 26.4. The van der Waals surface area contributed by atoms with Crippen molar-refractivity contribution in [1.29, 1.82) is 0 Å². The van der Waals surface area contributed by atoms with Crippen molar-refractivity contribution in [3.8, 4) is 0 Å². The molecule has 1 aromatic carbocycles. The molecule has 0 radical (unpaired) electrons. The lowest BCUT2D eigenvalue weighted by atomic mass is 9.91. The van der Waals surface area contributed by atoms with E-state index in [4.69, 9.17) is 0 Å². The number of carbonyl (C=O) groups excluding carboxylic acids is 1. The Morgan fingerprint density at radius 3 is 2.21 bits per heavy atom. The minimum atomic E-state index is -4.39. The first-order chi connectivity index (χ1) is 11.0. The molecule has 1 N–H and O–H groups in total. The van der Waals surface area contributed by atoms with E-state index in [1.807, 2.05) is 0 Å². The van der Waals surface area contributed by atoms with Gasteiger partial charge in [-0.1, -0.05) is 32.9 Å². The van der Waals surface area contributed by atoms with E-state index in [1.165, 1.54) is 24.3 Å². The summed E-state index contributed by atoms with van der Waals surface area (Å²) in [6.45, 7) is 5.31. The molecular weight excluding hydrogens is 339 g/mol. The van der Waals surface area contributed by atoms with Crippen molar-refractivity contribution in [2.75, 3.05) is 0 Å². The number of thiazole rings is 1. The SMILES string of the molecule is CC(C)(C)C(=O)C=c1[nH]c(=O)c(=Cc2ccc(C(F)(F)F)cc2)s1. The van der Waals surface area contributed by atoms with Crippen molar-refractivity contribution < 1.29 is 18.0 Å². The van der Waals surface area contributed by atoms with Crippen LogP contribution in [0.1, 0.15) is 31.9 Å². The maximum absolute atomic E-state index is 12.5. The van der Waals surface area contributed by atoms with Gasteiger partial charge >= 0.3 is 6.18 Å². The van der Waals surface area contributed by atoms with Crippen molar-refractivity contribution in [3.05, 3.63) is 54.9 Å². The Balaban J connectivity index is 2.40. The first-order valence-corrected chi connectivity index (χ1v) is 7.93. The van der Waals surface area contributed by atoms with E-state index in [-0.39, 0.29) is 11.3 Å². The number of H-pyrrole nitrogens is 1. The molecule has 0 saturated carbocycles. The van der Waals surface area contributed by atoms with Gasteiger partial charge in [0, 0.05) is 11.5 Å². The van der Waals surface area contributed by atoms with E-state index in [9.17, 15) is 22.8 Å². The number of alkyl halides is 3. The van der Waals surface area contributed by atoms with E-state index in [2.05, 4.69) is 4.98 Å². The predicted octanol–water partition coefficient (Wildman–Crippen LogP) is 2.68. The average molecular weight is 355 g/mol. The molecule has 0 aliphatic rings. The number of Topliss-reactive ketones (excluding diaryl/α,β-unsaturated/α-hetero) is 1. The summed E-state index contributed by atoms with van der Waals surface area (Å²) >= 11 is 1.09. The molecule has 0 aliphatic carbocycles. The first-order valence-electron chi connectivity index (χ1n) is 7.11. The third-order valence-electron chi connectivity index (χ3n) is 3.22. The van der Waals surface area contributed by atoms with Gasteiger partial charge in [0.15, 0.2) is 5.78 Å². The third kappa shape index (κ3) is 4.44. The van der Waals surface area contributed by atoms with Crippen molar-refractivity contribution >= 4 is 29.3 Å². The summed E-state index contributed by atoms with van der Waals surface area (Å²) in [7, 11) is 0. The number of ketones is 1. The predicted molar refractivity (Wildman–Crippen MR) is 88.1 cm³/mol. The van der Waals surface area contributed by atoms with Gasteiger partial charge < -0.3 is 4.98 Å². The molecule has 2 rings (SSSR count). The lowest BCUT2D eigenvalue weighted by Gasteiger charge is -2.12. The Labute approximate surface area is 140 Å². The number of aromatic nitrogens is 1. The van der Waals surface area contributed by atoms with Crippen LogP contribution in [-0.4, -0.2) is 10.8 Å². The van der Waals surface area contributed by atoms with Crippen molar-refractivity contribution in [2.45, 2.75) is 26.9 Å². The van der Waals surface area contributed by atoms with Crippen LogP contribution in [0.25, 0.3) is 12.2 Å². The zero-order valence-corrected chi connectivity index (χ0v) is 14.1. The van der Waals surface area contributed by atoms with Crippen LogP contribution in [0.3, 0.4) is 0 Å². The Bertz CT molecular complexity index is 913. The Hall–Kier alpha value is -2.15. The number of rotatable bonds is 2. The lowest BCUT2D eigenvalue weighted by Crippen LogP contribution is -2.22. The molecule has 1 heterocycles. The smallest absolute Gasteiger partial charge is 0.313 e. The summed E-state index contributed by atoms with van der Waals surface area (Å²) in [5, 5.41) is 0. The second kappa shape index (κ2) is 6.39. The third-order valence-corrected chi connectivity index (χ3v) is 4.18. The van der Waals surface area contributed by atoms with Crippen LogP contribution < -0.4 is 14.8 Å². The fourth-order valence-corrected chi connectivity index (χ4v) is 2.67. The molecule has 0 spiro atoms. The van der Waals surface area contributed by atoms with Crippen LogP contribution in [-0.2, 0) is 11.0 Å². The number of carbonyl (C=O) groups is 1. The zero-order chi connectivity index (χ0) is 18.1. The van der Waals surface area contributed by atoms with Gasteiger partial charge in [0.05, 0.1) is 14.8 Å². The molecule has 3 nitrogen and oxygen atoms in total. The molecule has 0 aliphatic heterocycles. The van der Waals surface area contributed by atoms with Crippen LogP contribution in [0.15, 0.2) is 29.1 Å². The molecule has 0 atom stereocenters. The van der Waals surface area contributed by atoms with Gasteiger partial charge in [-0.2, -0.15) is 13.2 Å². The summed E-state index contributed by atoms with van der Waals surface area (Å²) < 4.78 is 38.3. The topological polar surface area (TPSA) is 49.9 Å². The average Bonchev–Trinajstić information content (AvgIpc) is 2.77. The van der Waals surface area contributed by atoms with Gasteiger partial charge in [0.25, 0.3) is 5.56 Å². The lowest BCUT2D eigenvalue weighted by molar-refractivity contribution is -0.137. The number of hydrogen-bond donors (Lipinski definition) is 1. The number of aromatic amines is 1. The van der Waals surface area contributed by atoms with Crippen LogP contribution >= 0.6 is 11.3 Å². The molecule has 1 aromatic heterocycles. The monoisotopic (exact) mass is 355 g/mol. The van der Waals surface area contributed by atoms with Crippen molar-refractivity contribution in [2.24, 2.45) is 5.41 Å². The molecule has 0 saturated heterocycles. The summed E-state index contributed by atoms with van der Waals surface area (Å²) in [5.74, 6) is -0.124. The molecular formula is C17H16F3NO2S. The van der Waals surface area contributed by atoms with Gasteiger partial charge in [-0.05, 0) is 23.8 Å². The molecule has 2 aromatic rings. The van der Waals surface area contributed by atoms with E-state index in [0.29, 0.717) is 14.8 Å². The quantitative estimate of drug-likeness (QED) is 0.900. The maximum Gasteiger partial charge on any atom is 0.416 e. The Morgan fingerprint density at radius 2 is 1.71 bits per heavy atom. The highest BCUT2D eigenvalue weighted by Gasteiger charge is 2.29. The Kier molecular flexibility index (Phi) is 4.85. The van der Waals surface area contributed by atoms with Gasteiger partial charge in [0.2, 0.25) is 0 Å². The maximum atomic E-state index is 12.5. The highest BCUT2D eigenvalue weighted by Crippen LogP contribution is 2.29. The number of halogens is 3. The molecule has 0 unspecified atom stereocenters. The minimum Gasteiger partial charge on any atom is -0.313 e. The molecule has 24 heavy (non-hydrogen) atoms. The zero-order valence-electron chi connectivity index (χ0n) is 13.3. The number of hydrogen-bond acceptors (Lipinski definition) is 3. The highest BCUT2D eigenvalue weighted by atomic mass is 32.1. The fourth-order valence-electron chi connectivity index (χ4n) is 1.78. The summed E-state index contributed by atoms with van der Waals surface area (Å²) in [6, 6.07) is 4.52. The van der Waals surface area contributed by atoms with Gasteiger partial charge in [-0.25, -0.2) is 0 Å². The molecule has 128 valence electrons. The van der Waals surface area contributed by atoms with Crippen LogP contribution in [0.2, 0.25) is 0 Å². The largest absolute Gasteiger partial charge is 0.416 e. The molecule has 0 fully saturated rings. The van der Waals surface area contributed by atoms with Crippen LogP contribution in [0.4, 0.5) is 13.2 Å². The second-order valence-corrected chi connectivity index (χ2v) is 7.39. The number of benzene rings is 1. The van der Waals surface area contributed by atoms with E-state index < -0.39 is 17.2 Å². The van der Waals surface area contributed by atoms with Crippen molar-refractivity contribution in [1.82, 2.24) is 4.98 Å². The molecule has 7 heteroatoms. The van der Waals surface area contributed by atoms with E-state index in [0.717, 1.165) is 23.5 Å². The van der Waals surface area contributed by atoms with Gasteiger partial charge in [-0.15, -0.1) is 11.3 Å². The fraction of sp³-hybridized carbons (Fsp3) is 0.294. The number of nitrogens with one attached hydrogen (secondary N) is 1. The van der Waals surface area contributed by atoms with Gasteiger partial charge in [-0.3, -0.25) is 9.59 Å². The van der Waals surface area contributed by atoms with Gasteiger partial charge in [0.1, 0.15) is 0 Å². The molecule has 0 amide bonds. The summed E-state index contributed by atoms with van der Waals surface area (Å²) in [5.41, 5.74) is -1.21. The Morgan fingerprint density at radius 1 is 1.12 bits per heavy atom. The van der Waals surface area contributed by atoms with Crippen molar-refractivity contribution in [3.63, 3.8) is 0 Å². The second-order valence-electron chi connectivity index (χ2n) is 6.31. The van der Waals surface area contributed by atoms with Crippen LogP contribution in [0.5, 0.6) is 0 Å². The first kappa shape index (κ1) is 18.2. The normalized spacial score (nSPS) is 14.2. The highest BCUT2D eigenvalue weighted by molar-refractivity contribution is 7.07. The van der Waals surface area contributed by atoms with Crippen LogP contribution in [0, 0.1) is 5.41 Å². The molecule has 0 bridgehead atoms.